The highest BCUT2D eigenvalue weighted by Crippen LogP contribution is 2.35. The maximum atomic E-state index is 5.05. The molecule has 0 amide bonds. The molecule has 4 heteroatoms. The van der Waals surface area contributed by atoms with E-state index >= 15 is 0 Å². The van der Waals surface area contributed by atoms with Crippen molar-refractivity contribution in [3.63, 3.8) is 0 Å². The van der Waals surface area contributed by atoms with Gasteiger partial charge in [-0.05, 0) is 92.1 Å². The van der Waals surface area contributed by atoms with Crippen LogP contribution in [0.5, 0.6) is 0 Å². The molecule has 174 valence electrons. The largest absolute Gasteiger partial charge is 0.355 e. The molecule has 0 atom stereocenters. The average molecular weight is 459 g/mol. The third kappa shape index (κ3) is 3.89. The summed E-state index contributed by atoms with van der Waals surface area (Å²) in [5.74, 6) is 0. The third-order valence-corrected chi connectivity index (χ3v) is 7.05. The fourth-order valence-corrected chi connectivity index (χ4v) is 5.50. The zero-order valence-corrected chi connectivity index (χ0v) is 21.0. The van der Waals surface area contributed by atoms with Crippen LogP contribution < -0.4 is 0 Å². The highest BCUT2D eigenvalue weighted by atomic mass is 14.8. The number of aryl methyl sites for hydroxylation is 3. The van der Waals surface area contributed by atoms with Crippen molar-refractivity contribution in [1.82, 2.24) is 19.9 Å². The molecule has 0 fully saturated rings. The van der Waals surface area contributed by atoms with Crippen molar-refractivity contribution in [2.24, 2.45) is 0 Å². The summed E-state index contributed by atoms with van der Waals surface area (Å²) in [6.45, 7) is 11.1. The minimum Gasteiger partial charge on any atom is -0.355 e. The molecule has 0 saturated heterocycles. The Balaban J connectivity index is 1.73. The molecule has 35 heavy (non-hydrogen) atoms. The number of hydrogen-bond acceptors (Lipinski definition) is 2. The summed E-state index contributed by atoms with van der Waals surface area (Å²) in [6.07, 6.45) is 5.13. The van der Waals surface area contributed by atoms with E-state index < -0.39 is 0 Å². The van der Waals surface area contributed by atoms with Crippen molar-refractivity contribution in [3.05, 3.63) is 94.1 Å². The van der Waals surface area contributed by atoms with Crippen molar-refractivity contribution in [2.45, 2.75) is 46.5 Å². The summed E-state index contributed by atoms with van der Waals surface area (Å²) in [5.41, 5.74) is 14.5. The standard InChI is InChI=1S/C31H30N4/c1-18-12-19(2)29(20(3)13-18)30-26-10-8-22(33-26)14-21-6-7-24(32-21)16-28-31(4,5)17-25(35-28)15-23-9-11-27(30)34-23/h6-16,32,34H,17H2,1-5H3. The van der Waals surface area contributed by atoms with E-state index in [1.807, 2.05) is 0 Å². The van der Waals surface area contributed by atoms with Crippen LogP contribution in [0.3, 0.4) is 0 Å². The first-order valence-electron chi connectivity index (χ1n) is 12.2. The molecule has 4 nitrogen and oxygen atoms in total. The van der Waals surface area contributed by atoms with Crippen LogP contribution in [-0.2, 0) is 11.8 Å². The van der Waals surface area contributed by atoms with E-state index in [1.54, 1.807) is 0 Å². The normalized spacial score (nSPS) is 14.4. The number of aromatic nitrogens is 4. The summed E-state index contributed by atoms with van der Waals surface area (Å²) in [6, 6.07) is 19.5. The number of rotatable bonds is 1. The maximum Gasteiger partial charge on any atom is 0.0737 e. The van der Waals surface area contributed by atoms with E-state index in [-0.39, 0.29) is 5.41 Å². The van der Waals surface area contributed by atoms with Gasteiger partial charge in [-0.25, -0.2) is 4.98 Å². The Kier molecular flexibility index (Phi) is 4.82. The van der Waals surface area contributed by atoms with E-state index in [0.717, 1.165) is 56.8 Å². The Morgan fingerprint density at radius 1 is 0.714 bits per heavy atom. The van der Waals surface area contributed by atoms with Crippen LogP contribution in [0.15, 0.2) is 54.6 Å². The summed E-state index contributed by atoms with van der Waals surface area (Å²) in [5, 5.41) is 0. The van der Waals surface area contributed by atoms with Gasteiger partial charge in [0, 0.05) is 50.9 Å². The van der Waals surface area contributed by atoms with E-state index in [0.29, 0.717) is 0 Å². The SMILES string of the molecule is Cc1cc(C)c(-c2c3nc(cc4ccc(cc5nc(cc6ccc2[nH]6)CC5(C)C)[nH]4)C=C3)c(C)c1. The quantitative estimate of drug-likeness (QED) is 0.272. The second-order valence-corrected chi connectivity index (χ2v) is 10.6. The van der Waals surface area contributed by atoms with Gasteiger partial charge < -0.3 is 9.97 Å². The second kappa shape index (κ2) is 7.81. The van der Waals surface area contributed by atoms with E-state index in [9.17, 15) is 0 Å². The van der Waals surface area contributed by atoms with Crippen LogP contribution in [0.2, 0.25) is 0 Å². The molecule has 0 saturated carbocycles. The van der Waals surface area contributed by atoms with Gasteiger partial charge in [0.15, 0.2) is 0 Å². The lowest BCUT2D eigenvalue weighted by atomic mass is 9.87. The van der Waals surface area contributed by atoms with Gasteiger partial charge in [-0.1, -0.05) is 31.5 Å². The second-order valence-electron chi connectivity index (χ2n) is 10.6. The van der Waals surface area contributed by atoms with E-state index in [1.165, 1.54) is 22.3 Å². The average Bonchev–Trinajstić information content (AvgIpc) is 3.55. The van der Waals surface area contributed by atoms with Crippen LogP contribution in [0.25, 0.3) is 45.3 Å². The first-order chi connectivity index (χ1) is 16.7. The predicted octanol–water partition coefficient (Wildman–Crippen LogP) is 7.60. The highest BCUT2D eigenvalue weighted by Gasteiger charge is 2.28. The summed E-state index contributed by atoms with van der Waals surface area (Å²) in [7, 11) is 0. The summed E-state index contributed by atoms with van der Waals surface area (Å²) >= 11 is 0. The van der Waals surface area contributed by atoms with Gasteiger partial charge in [-0.2, -0.15) is 0 Å². The van der Waals surface area contributed by atoms with E-state index in [2.05, 4.69) is 111 Å². The van der Waals surface area contributed by atoms with E-state index in [4.69, 9.17) is 9.97 Å². The zero-order valence-electron chi connectivity index (χ0n) is 21.0. The molecule has 2 N–H and O–H groups in total. The van der Waals surface area contributed by atoms with Gasteiger partial charge in [-0.3, -0.25) is 4.98 Å². The lowest BCUT2D eigenvalue weighted by molar-refractivity contribution is 0.543. The molecule has 6 rings (SSSR count). The number of nitrogens with zero attached hydrogens (tertiary/aromatic N) is 2. The molecule has 0 radical (unpaired) electrons. The van der Waals surface area contributed by atoms with Gasteiger partial charge in [0.2, 0.25) is 0 Å². The third-order valence-electron chi connectivity index (χ3n) is 7.05. The Bertz CT molecular complexity index is 1650. The Labute approximate surface area is 205 Å². The van der Waals surface area contributed by atoms with Crippen molar-refractivity contribution >= 4 is 34.2 Å². The molecule has 1 aromatic carbocycles. The summed E-state index contributed by atoms with van der Waals surface area (Å²) < 4.78 is 0. The number of hydrogen-bond donors (Lipinski definition) is 2. The van der Waals surface area contributed by atoms with Gasteiger partial charge in [0.05, 0.1) is 11.4 Å². The van der Waals surface area contributed by atoms with Crippen molar-refractivity contribution in [2.75, 3.05) is 0 Å². The molecule has 8 bridgehead atoms. The molecular weight excluding hydrogens is 428 g/mol. The molecule has 4 aromatic rings. The maximum absolute atomic E-state index is 5.05. The van der Waals surface area contributed by atoms with Crippen LogP contribution in [-0.4, -0.2) is 19.9 Å². The molecule has 3 aromatic heterocycles. The summed E-state index contributed by atoms with van der Waals surface area (Å²) in [4.78, 5) is 17.3. The van der Waals surface area contributed by atoms with Crippen molar-refractivity contribution < 1.29 is 0 Å². The van der Waals surface area contributed by atoms with Crippen molar-refractivity contribution in [3.8, 4) is 11.1 Å². The van der Waals surface area contributed by atoms with Gasteiger partial charge in [0.25, 0.3) is 0 Å². The van der Waals surface area contributed by atoms with Gasteiger partial charge >= 0.3 is 0 Å². The van der Waals surface area contributed by atoms with Crippen LogP contribution in [0.4, 0.5) is 0 Å². The molecule has 2 aliphatic heterocycles. The zero-order chi connectivity index (χ0) is 24.3. The minimum absolute atomic E-state index is 0.0145. The smallest absolute Gasteiger partial charge is 0.0737 e. The number of fused-ring (bicyclic) bond motifs is 8. The number of H-pyrrole nitrogens is 2. The lowest BCUT2D eigenvalue weighted by Crippen LogP contribution is -2.14. The van der Waals surface area contributed by atoms with Crippen LogP contribution >= 0.6 is 0 Å². The minimum atomic E-state index is -0.0145. The van der Waals surface area contributed by atoms with Gasteiger partial charge in [0.1, 0.15) is 0 Å². The van der Waals surface area contributed by atoms with Crippen LogP contribution in [0.1, 0.15) is 53.3 Å². The highest BCUT2D eigenvalue weighted by molar-refractivity contribution is 5.93. The predicted molar refractivity (Wildman–Crippen MR) is 146 cm³/mol. The molecule has 0 spiro atoms. The number of aromatic amines is 2. The fourth-order valence-electron chi connectivity index (χ4n) is 5.50. The molecule has 0 unspecified atom stereocenters. The first kappa shape index (κ1) is 21.6. The Hall–Kier alpha value is -3.92. The monoisotopic (exact) mass is 458 g/mol. The molecular formula is C31H30N4. The molecule has 5 heterocycles. The van der Waals surface area contributed by atoms with Crippen LogP contribution in [0, 0.1) is 20.8 Å². The Morgan fingerprint density at radius 3 is 2.17 bits per heavy atom. The Morgan fingerprint density at radius 2 is 1.40 bits per heavy atom. The lowest BCUT2D eigenvalue weighted by Gasteiger charge is -2.15. The molecule has 0 aliphatic carbocycles. The number of nitrogens with one attached hydrogen (secondary N) is 2. The molecule has 2 aliphatic rings. The fraction of sp³-hybridized carbons (Fsp3) is 0.226. The first-order valence-corrected chi connectivity index (χ1v) is 12.2. The topological polar surface area (TPSA) is 57.4 Å². The van der Waals surface area contributed by atoms with Crippen molar-refractivity contribution in [1.29, 1.82) is 0 Å². The van der Waals surface area contributed by atoms with Gasteiger partial charge in [-0.15, -0.1) is 0 Å². The number of benzene rings is 1.